The first-order chi connectivity index (χ1) is 3.83. The van der Waals surface area contributed by atoms with Crippen molar-refractivity contribution in [2.75, 3.05) is 24.7 Å². The van der Waals surface area contributed by atoms with Crippen molar-refractivity contribution in [1.82, 2.24) is 0 Å². The van der Waals surface area contributed by atoms with Gasteiger partial charge in [0.25, 0.3) is 0 Å². The Morgan fingerprint density at radius 3 is 0.750 bits per heavy atom. The molecule has 2 nitrogen and oxygen atoms in total. The fourth-order valence-electron chi connectivity index (χ4n) is 0. The Kier molecular flexibility index (Phi) is 141. The number of aliphatic hydroxyl groups excluding tert-OH is 2. The molecule has 0 aliphatic carbocycles. The van der Waals surface area contributed by atoms with Gasteiger partial charge in [-0.05, 0) is 0 Å². The van der Waals surface area contributed by atoms with Gasteiger partial charge in [-0.1, -0.05) is 0 Å². The van der Waals surface area contributed by atoms with E-state index in [0.717, 1.165) is 0 Å². The van der Waals surface area contributed by atoms with Crippen molar-refractivity contribution in [1.29, 1.82) is 0 Å². The fraction of sp³-hybridized carbons (Fsp3) is 1.00. The summed E-state index contributed by atoms with van der Waals surface area (Å²) in [5, 5.41) is 15.5. The van der Waals surface area contributed by atoms with Crippen molar-refractivity contribution in [3.05, 3.63) is 0 Å². The van der Waals surface area contributed by atoms with E-state index in [0.29, 0.717) is 11.5 Å². The molecule has 0 amide bonds. The molecular weight excluding hydrogens is 932 g/mol. The van der Waals surface area contributed by atoms with Crippen molar-refractivity contribution in [3.8, 4) is 0 Å². The minimum absolute atomic E-state index is 0. The third kappa shape index (κ3) is 69.0. The van der Waals surface area contributed by atoms with Crippen LogP contribution in [0.2, 0.25) is 0 Å². The average molecular weight is 942 g/mol. The number of aliphatic hydroxyl groups is 2. The zero-order chi connectivity index (χ0) is 6.83. The number of hydrogen-bond donors (Lipinski definition) is 2. The van der Waals surface area contributed by atoms with Crippen molar-refractivity contribution in [3.63, 3.8) is 0 Å². The maximum absolute atomic E-state index is 7.77. The van der Waals surface area contributed by atoms with E-state index < -0.39 is 0 Å². The van der Waals surface area contributed by atoms with Gasteiger partial charge >= 0.3 is 0 Å². The summed E-state index contributed by atoms with van der Waals surface area (Å²) in [6, 6.07) is 0. The van der Waals surface area contributed by atoms with E-state index in [1.165, 1.54) is 0 Å². The standard InChI is InChI=1S/2C2H6OS.4Au/c2*3-1-2-4;;;;/h2*3-4H,1-2H2;;;;/p-2. The van der Waals surface area contributed by atoms with Crippen LogP contribution in [0.15, 0.2) is 0 Å². The summed E-state index contributed by atoms with van der Waals surface area (Å²) in [7, 11) is 0. The maximum Gasteiger partial charge on any atom is 0.0213 e. The monoisotopic (exact) mass is 942 g/mol. The second-order valence-electron chi connectivity index (χ2n) is 0.855. The van der Waals surface area contributed by atoms with Gasteiger partial charge in [0.2, 0.25) is 0 Å². The predicted molar refractivity (Wildman–Crippen MR) is 38.6 cm³/mol. The van der Waals surface area contributed by atoms with Gasteiger partial charge in [0, 0.05) is 103 Å². The normalized spacial score (nSPS) is 5.00. The molecule has 0 spiro atoms. The van der Waals surface area contributed by atoms with E-state index in [-0.39, 0.29) is 103 Å². The summed E-state index contributed by atoms with van der Waals surface area (Å²) < 4.78 is 0. The number of rotatable bonds is 2. The van der Waals surface area contributed by atoms with E-state index in [1.807, 2.05) is 0 Å². The molecule has 0 unspecified atom stereocenters. The molecule has 0 aromatic heterocycles. The SMILES string of the molecule is OCC[S-].OCC[S-].[Au].[Au].[Au].[Au]. The van der Waals surface area contributed by atoms with Crippen LogP contribution < -0.4 is 0 Å². The Morgan fingerprint density at radius 2 is 0.750 bits per heavy atom. The summed E-state index contributed by atoms with van der Waals surface area (Å²) in [4.78, 5) is 0. The molecule has 96 valence electrons. The third-order valence-electron chi connectivity index (χ3n) is 0.183. The zero-order valence-corrected chi connectivity index (χ0v) is 16.0. The van der Waals surface area contributed by atoms with Gasteiger partial charge in [0.05, 0.1) is 0 Å². The fourth-order valence-corrected chi connectivity index (χ4v) is 0. The molecule has 0 aromatic rings. The first-order valence-electron chi connectivity index (χ1n) is 2.21. The number of hydrogen-bond acceptors (Lipinski definition) is 4. The predicted octanol–water partition coefficient (Wildman–Crippen LogP) is -0.959. The summed E-state index contributed by atoms with van der Waals surface area (Å²) in [6.45, 7) is 0.269. The topological polar surface area (TPSA) is 40.5 Å². The van der Waals surface area contributed by atoms with E-state index in [9.17, 15) is 0 Å². The van der Waals surface area contributed by atoms with Crippen LogP contribution in [0.3, 0.4) is 0 Å². The van der Waals surface area contributed by atoms with Crippen LogP contribution >= 0.6 is 0 Å². The molecular formula is C4H10Au4O2S2-2. The Hall–Kier alpha value is 3.58. The molecule has 0 aliphatic heterocycles. The van der Waals surface area contributed by atoms with Crippen molar-refractivity contribution in [2.45, 2.75) is 0 Å². The molecule has 12 heavy (non-hydrogen) atoms. The summed E-state index contributed by atoms with van der Waals surface area (Å²) in [5.74, 6) is 0.917. The van der Waals surface area contributed by atoms with Crippen molar-refractivity contribution >= 4 is 25.3 Å². The van der Waals surface area contributed by atoms with Crippen LogP contribution in [-0.4, -0.2) is 34.9 Å². The molecule has 0 aromatic carbocycles. The van der Waals surface area contributed by atoms with E-state index in [4.69, 9.17) is 10.2 Å². The molecule has 0 rings (SSSR count). The van der Waals surface area contributed by atoms with Gasteiger partial charge in [0.15, 0.2) is 0 Å². The van der Waals surface area contributed by atoms with Gasteiger partial charge in [-0.15, -0.1) is 0 Å². The Bertz CT molecular complexity index is 31.0. The molecule has 0 heterocycles. The summed E-state index contributed by atoms with van der Waals surface area (Å²) >= 11 is 8.61. The van der Waals surface area contributed by atoms with Crippen molar-refractivity contribution < 1.29 is 99.7 Å². The first-order valence-corrected chi connectivity index (χ1v) is 3.36. The quantitative estimate of drug-likeness (QED) is 0.277. The molecule has 0 saturated carbocycles. The minimum Gasteiger partial charge on any atom is -0.790 e. The molecule has 2 N–H and O–H groups in total. The molecule has 0 atom stereocenters. The van der Waals surface area contributed by atoms with Gasteiger partial charge in [-0.2, -0.15) is 11.5 Å². The van der Waals surface area contributed by atoms with E-state index >= 15 is 0 Å². The van der Waals surface area contributed by atoms with E-state index in [1.54, 1.807) is 0 Å². The second-order valence-corrected chi connectivity index (χ2v) is 1.67. The molecule has 0 aliphatic rings. The third-order valence-corrected chi connectivity index (χ3v) is 0.548. The Morgan fingerprint density at radius 1 is 0.667 bits per heavy atom. The molecule has 8 heteroatoms. The molecule has 4 radical (unpaired) electrons. The summed E-state index contributed by atoms with van der Waals surface area (Å²) in [5.41, 5.74) is 0. The Labute approximate surface area is 147 Å². The Balaban J connectivity index is -0.0000000112. The first kappa shape index (κ1) is 36.1. The van der Waals surface area contributed by atoms with E-state index in [2.05, 4.69) is 25.3 Å². The van der Waals surface area contributed by atoms with Crippen LogP contribution in [0, 0.1) is 0 Å². The summed E-state index contributed by atoms with van der Waals surface area (Å²) in [6.07, 6.45) is 0. The molecule has 0 bridgehead atoms. The van der Waals surface area contributed by atoms with Gasteiger partial charge in [-0.25, -0.2) is 0 Å². The van der Waals surface area contributed by atoms with Crippen LogP contribution in [0.1, 0.15) is 0 Å². The smallest absolute Gasteiger partial charge is 0.0213 e. The second kappa shape index (κ2) is 46.8. The van der Waals surface area contributed by atoms with Gasteiger partial charge in [-0.3, -0.25) is 0 Å². The van der Waals surface area contributed by atoms with Crippen molar-refractivity contribution in [2.24, 2.45) is 0 Å². The maximum atomic E-state index is 7.77. The van der Waals surface area contributed by atoms with Crippen LogP contribution in [-0.2, 0) is 115 Å². The molecule has 0 saturated heterocycles. The van der Waals surface area contributed by atoms with Crippen LogP contribution in [0.5, 0.6) is 0 Å². The van der Waals surface area contributed by atoms with Crippen LogP contribution in [0.25, 0.3) is 0 Å². The zero-order valence-electron chi connectivity index (χ0n) is 5.75. The van der Waals surface area contributed by atoms with Crippen LogP contribution in [0.4, 0.5) is 0 Å². The largest absolute Gasteiger partial charge is 0.790 e. The van der Waals surface area contributed by atoms with Gasteiger partial charge < -0.3 is 35.5 Å². The van der Waals surface area contributed by atoms with Gasteiger partial charge in [0.1, 0.15) is 0 Å². The molecule has 0 fully saturated rings. The average Bonchev–Trinajstić information content (AvgIpc) is 1.88. The minimum atomic E-state index is 0.